The van der Waals surface area contributed by atoms with Crippen LogP contribution in [0, 0.1) is 0 Å². The lowest BCUT2D eigenvalue weighted by atomic mass is 10.1. The third-order valence-electron chi connectivity index (χ3n) is 3.65. The Morgan fingerprint density at radius 1 is 1.00 bits per heavy atom. The van der Waals surface area contributed by atoms with Gasteiger partial charge in [0.2, 0.25) is 16.0 Å². The number of nitrogens with one attached hydrogen (secondary N) is 2. The number of sulfonamides is 2. The maximum Gasteiger partial charge on any atom is 0.335 e. The van der Waals surface area contributed by atoms with E-state index in [0.717, 1.165) is 12.1 Å². The van der Waals surface area contributed by atoms with Crippen LogP contribution in [-0.4, -0.2) is 65.8 Å². The first-order chi connectivity index (χ1) is 14.5. The Morgan fingerprint density at radius 3 is 2.10 bits per heavy atom. The first-order valence-corrected chi connectivity index (χ1v) is 11.4. The summed E-state index contributed by atoms with van der Waals surface area (Å²) in [6, 6.07) is 1.87. The number of ether oxygens (including phenoxy) is 3. The van der Waals surface area contributed by atoms with E-state index in [1.54, 1.807) is 4.72 Å². The van der Waals surface area contributed by atoms with Crippen molar-refractivity contribution in [3.05, 3.63) is 23.8 Å². The van der Waals surface area contributed by atoms with E-state index < -0.39 is 35.9 Å². The summed E-state index contributed by atoms with van der Waals surface area (Å²) < 4.78 is 65.7. The summed E-state index contributed by atoms with van der Waals surface area (Å²) in [6.07, 6.45) is -0.0944. The zero-order chi connectivity index (χ0) is 23.2. The van der Waals surface area contributed by atoms with Crippen molar-refractivity contribution in [2.75, 3.05) is 33.3 Å². The second-order valence-electron chi connectivity index (χ2n) is 5.71. The van der Waals surface area contributed by atoms with Crippen LogP contribution in [0.1, 0.15) is 5.56 Å². The zero-order valence-corrected chi connectivity index (χ0v) is 18.3. The Labute approximate surface area is 178 Å². The summed E-state index contributed by atoms with van der Waals surface area (Å²) in [6.45, 7) is 0.00565. The molecule has 0 fully saturated rings. The number of carbonyl (C=O) groups is 1. The fourth-order valence-electron chi connectivity index (χ4n) is 2.39. The standard InChI is InChI=1S/C15H20N6O8S2/c1-27-8-7-9-10(30(16,23)24)5-4-6-11(9)31(25,26)21-13(22)17-12-18-14(28-2)20-15(19-12)29-3/h4-6H,7-8H2,1-3H3,(H2,16,23,24)(H2,17,18,19,20,21,22). The van der Waals surface area contributed by atoms with Gasteiger partial charge in [0.25, 0.3) is 10.0 Å². The summed E-state index contributed by atoms with van der Waals surface area (Å²) in [5.74, 6) is -0.353. The van der Waals surface area contributed by atoms with Crippen molar-refractivity contribution in [3.63, 3.8) is 0 Å². The highest BCUT2D eigenvalue weighted by atomic mass is 32.2. The van der Waals surface area contributed by atoms with Gasteiger partial charge < -0.3 is 14.2 Å². The molecular weight excluding hydrogens is 456 g/mol. The normalized spacial score (nSPS) is 11.6. The van der Waals surface area contributed by atoms with Gasteiger partial charge in [-0.2, -0.15) is 9.97 Å². The molecule has 170 valence electrons. The van der Waals surface area contributed by atoms with Crippen molar-refractivity contribution in [3.8, 4) is 12.0 Å². The summed E-state index contributed by atoms with van der Waals surface area (Å²) >= 11 is 0. The molecule has 0 saturated heterocycles. The molecule has 0 aliphatic carbocycles. The molecule has 0 unspecified atom stereocenters. The fourth-order valence-corrected chi connectivity index (χ4v) is 4.48. The van der Waals surface area contributed by atoms with Crippen molar-refractivity contribution in [1.82, 2.24) is 19.7 Å². The Hall–Kier alpha value is -3.08. The summed E-state index contributed by atoms with van der Waals surface area (Å²) in [7, 11) is -4.88. The van der Waals surface area contributed by atoms with Crippen molar-refractivity contribution in [2.45, 2.75) is 16.2 Å². The minimum atomic E-state index is -4.53. The highest BCUT2D eigenvalue weighted by Gasteiger charge is 2.26. The maximum absolute atomic E-state index is 12.8. The Balaban J connectivity index is 2.37. The molecule has 2 rings (SSSR count). The van der Waals surface area contributed by atoms with Crippen LogP contribution >= 0.6 is 0 Å². The molecule has 1 heterocycles. The van der Waals surface area contributed by atoms with Crippen LogP contribution in [0.15, 0.2) is 28.0 Å². The number of nitrogens with two attached hydrogens (primary N) is 1. The summed E-state index contributed by atoms with van der Waals surface area (Å²) in [5.41, 5.74) is -0.129. The van der Waals surface area contributed by atoms with Gasteiger partial charge in [0.1, 0.15) is 0 Å². The first-order valence-electron chi connectivity index (χ1n) is 8.33. The molecular formula is C15H20N6O8S2. The number of rotatable bonds is 9. The van der Waals surface area contributed by atoms with E-state index >= 15 is 0 Å². The van der Waals surface area contributed by atoms with Gasteiger partial charge in [0, 0.05) is 7.11 Å². The topological polar surface area (TPSA) is 202 Å². The fraction of sp³-hybridized carbons (Fsp3) is 0.333. The number of methoxy groups -OCH3 is 3. The number of amides is 2. The van der Waals surface area contributed by atoms with Gasteiger partial charge in [0.05, 0.1) is 30.6 Å². The zero-order valence-electron chi connectivity index (χ0n) is 16.6. The minimum absolute atomic E-state index is 0.00565. The molecule has 0 spiro atoms. The van der Waals surface area contributed by atoms with Gasteiger partial charge in [-0.25, -0.2) is 31.5 Å². The molecule has 0 atom stereocenters. The lowest BCUT2D eigenvalue weighted by molar-refractivity contribution is 0.201. The van der Waals surface area contributed by atoms with Gasteiger partial charge in [-0.15, -0.1) is 4.98 Å². The first kappa shape index (κ1) is 24.2. The van der Waals surface area contributed by atoms with Crippen LogP contribution in [0.5, 0.6) is 12.0 Å². The number of urea groups is 1. The lowest BCUT2D eigenvalue weighted by Crippen LogP contribution is -2.35. The number of hydrogen-bond donors (Lipinski definition) is 3. The lowest BCUT2D eigenvalue weighted by Gasteiger charge is -2.14. The molecule has 2 amide bonds. The average molecular weight is 476 g/mol. The van der Waals surface area contributed by atoms with Crippen molar-refractivity contribution in [1.29, 1.82) is 0 Å². The van der Waals surface area contributed by atoms with E-state index in [0.29, 0.717) is 0 Å². The molecule has 16 heteroatoms. The van der Waals surface area contributed by atoms with Crippen LogP contribution in [-0.2, 0) is 31.2 Å². The second kappa shape index (κ2) is 9.82. The van der Waals surface area contributed by atoms with E-state index in [2.05, 4.69) is 20.3 Å². The Bertz CT molecular complexity index is 1150. The Kier molecular flexibility index (Phi) is 7.66. The third kappa shape index (κ3) is 6.20. The number of nitrogens with zero attached hydrogens (tertiary/aromatic N) is 3. The largest absolute Gasteiger partial charge is 0.467 e. The number of carbonyl (C=O) groups excluding carboxylic acids is 1. The number of hydrogen-bond acceptors (Lipinski definition) is 11. The van der Waals surface area contributed by atoms with Crippen LogP contribution in [0.3, 0.4) is 0 Å². The molecule has 0 aliphatic heterocycles. The SMILES string of the molecule is COCCc1c(S(N)(=O)=O)cccc1S(=O)(=O)NC(=O)Nc1nc(OC)nc(OC)n1. The van der Waals surface area contributed by atoms with Crippen molar-refractivity contribution >= 4 is 32.0 Å². The predicted octanol–water partition coefficient (Wildman–Crippen LogP) is -0.764. The van der Waals surface area contributed by atoms with E-state index in [4.69, 9.17) is 19.3 Å². The van der Waals surface area contributed by atoms with Crippen molar-refractivity contribution < 1.29 is 35.8 Å². The Morgan fingerprint density at radius 2 is 1.58 bits per heavy atom. The van der Waals surface area contributed by atoms with Crippen molar-refractivity contribution in [2.24, 2.45) is 5.14 Å². The minimum Gasteiger partial charge on any atom is -0.467 e. The van der Waals surface area contributed by atoms with E-state index in [-0.39, 0.29) is 36.6 Å². The molecule has 0 aliphatic rings. The highest BCUT2D eigenvalue weighted by Crippen LogP contribution is 2.24. The second-order valence-corrected chi connectivity index (χ2v) is 8.89. The summed E-state index contributed by atoms with van der Waals surface area (Å²) in [5, 5.41) is 7.30. The van der Waals surface area contributed by atoms with E-state index in [9.17, 15) is 21.6 Å². The van der Waals surface area contributed by atoms with Gasteiger partial charge in [-0.1, -0.05) is 6.07 Å². The van der Waals surface area contributed by atoms with Gasteiger partial charge in [0.15, 0.2) is 0 Å². The smallest absolute Gasteiger partial charge is 0.335 e. The monoisotopic (exact) mass is 476 g/mol. The molecule has 1 aromatic heterocycles. The van der Waals surface area contributed by atoms with Gasteiger partial charge in [-0.05, 0) is 24.1 Å². The molecule has 14 nitrogen and oxygen atoms in total. The molecule has 0 radical (unpaired) electrons. The molecule has 31 heavy (non-hydrogen) atoms. The maximum atomic E-state index is 12.8. The molecule has 2 aromatic rings. The number of primary sulfonamides is 1. The number of aromatic nitrogens is 3. The quantitative estimate of drug-likeness (QED) is 0.410. The van der Waals surface area contributed by atoms with E-state index in [1.165, 1.54) is 27.4 Å². The van der Waals surface area contributed by atoms with Crippen LogP contribution in [0.2, 0.25) is 0 Å². The third-order valence-corrected chi connectivity index (χ3v) is 6.07. The number of benzene rings is 1. The average Bonchev–Trinajstić information content (AvgIpc) is 2.70. The number of anilines is 1. The summed E-state index contributed by atoms with van der Waals surface area (Å²) in [4.78, 5) is 22.6. The van der Waals surface area contributed by atoms with Gasteiger partial charge >= 0.3 is 18.1 Å². The molecule has 1 aromatic carbocycles. The van der Waals surface area contributed by atoms with Crippen LogP contribution in [0.4, 0.5) is 10.7 Å². The molecule has 0 bridgehead atoms. The molecule has 4 N–H and O–H groups in total. The van der Waals surface area contributed by atoms with Crippen LogP contribution < -0.4 is 24.7 Å². The molecule has 0 saturated carbocycles. The van der Waals surface area contributed by atoms with E-state index in [1.807, 2.05) is 0 Å². The highest BCUT2D eigenvalue weighted by molar-refractivity contribution is 7.90. The van der Waals surface area contributed by atoms with Gasteiger partial charge in [-0.3, -0.25) is 5.32 Å². The predicted molar refractivity (Wildman–Crippen MR) is 106 cm³/mol. The van der Waals surface area contributed by atoms with Crippen LogP contribution in [0.25, 0.3) is 0 Å².